The summed E-state index contributed by atoms with van der Waals surface area (Å²) in [7, 11) is 0. The number of amides is 2. The summed E-state index contributed by atoms with van der Waals surface area (Å²) in [6.45, 7) is 3.84. The van der Waals surface area contributed by atoms with Gasteiger partial charge in [-0.3, -0.25) is 20.4 Å². The van der Waals surface area contributed by atoms with Crippen molar-refractivity contribution in [3.8, 4) is 5.75 Å². The van der Waals surface area contributed by atoms with E-state index in [2.05, 4.69) is 26.8 Å². The Kier molecular flexibility index (Phi) is 6.37. The van der Waals surface area contributed by atoms with E-state index in [1.165, 1.54) is 5.56 Å². The fourth-order valence-electron chi connectivity index (χ4n) is 2.00. The van der Waals surface area contributed by atoms with Gasteiger partial charge in [0.2, 0.25) is 5.91 Å². The number of hydrogen-bond acceptors (Lipinski definition) is 3. The van der Waals surface area contributed by atoms with Crippen molar-refractivity contribution in [1.29, 1.82) is 0 Å². The molecule has 0 saturated carbocycles. The Morgan fingerprint density at radius 1 is 0.958 bits per heavy atom. The second-order valence-corrected chi connectivity index (χ2v) is 6.35. The minimum atomic E-state index is -0.425. The predicted molar refractivity (Wildman–Crippen MR) is 95.5 cm³/mol. The maximum atomic E-state index is 11.9. The van der Waals surface area contributed by atoms with Crippen molar-refractivity contribution >= 4 is 27.7 Å². The predicted octanol–water partition coefficient (Wildman–Crippen LogP) is 2.83. The molecule has 0 aliphatic rings. The topological polar surface area (TPSA) is 67.4 Å². The number of hydrazine groups is 1. The SMILES string of the molecule is Cc1ccc(CC(=O)NNC(=O)COc2ccc(Br)cc2)cc1C. The summed E-state index contributed by atoms with van der Waals surface area (Å²) < 4.78 is 6.25. The quantitative estimate of drug-likeness (QED) is 0.771. The van der Waals surface area contributed by atoms with Gasteiger partial charge in [-0.05, 0) is 54.8 Å². The van der Waals surface area contributed by atoms with Crippen LogP contribution in [0.2, 0.25) is 0 Å². The van der Waals surface area contributed by atoms with Gasteiger partial charge in [0.1, 0.15) is 5.75 Å². The third-order valence-electron chi connectivity index (χ3n) is 3.46. The van der Waals surface area contributed by atoms with E-state index in [9.17, 15) is 9.59 Å². The molecule has 0 aliphatic heterocycles. The lowest BCUT2D eigenvalue weighted by Crippen LogP contribution is -2.44. The van der Waals surface area contributed by atoms with E-state index >= 15 is 0 Å². The Balaban J connectivity index is 1.73. The molecule has 2 rings (SSSR count). The minimum absolute atomic E-state index is 0.175. The average molecular weight is 391 g/mol. The normalized spacial score (nSPS) is 10.1. The Hall–Kier alpha value is -2.34. The van der Waals surface area contributed by atoms with Crippen LogP contribution in [0.5, 0.6) is 5.75 Å². The van der Waals surface area contributed by atoms with Crippen molar-refractivity contribution in [3.63, 3.8) is 0 Å². The Labute approximate surface area is 149 Å². The molecule has 0 spiro atoms. The second-order valence-electron chi connectivity index (χ2n) is 5.43. The monoisotopic (exact) mass is 390 g/mol. The first kappa shape index (κ1) is 18.0. The summed E-state index contributed by atoms with van der Waals surface area (Å²) in [4.78, 5) is 23.5. The molecule has 2 amide bonds. The van der Waals surface area contributed by atoms with Crippen LogP contribution in [0.25, 0.3) is 0 Å². The third-order valence-corrected chi connectivity index (χ3v) is 3.99. The number of benzene rings is 2. The molecular formula is C18H19BrN2O3. The summed E-state index contributed by atoms with van der Waals surface area (Å²) in [6.07, 6.45) is 0.203. The maximum Gasteiger partial charge on any atom is 0.276 e. The van der Waals surface area contributed by atoms with Gasteiger partial charge in [0.25, 0.3) is 5.91 Å². The smallest absolute Gasteiger partial charge is 0.276 e. The zero-order valence-electron chi connectivity index (χ0n) is 13.6. The number of carbonyl (C=O) groups excluding carboxylic acids is 2. The highest BCUT2D eigenvalue weighted by Crippen LogP contribution is 2.15. The lowest BCUT2D eigenvalue weighted by molar-refractivity contribution is -0.129. The van der Waals surface area contributed by atoms with Crippen molar-refractivity contribution in [2.75, 3.05) is 6.61 Å². The van der Waals surface area contributed by atoms with Crippen LogP contribution < -0.4 is 15.6 Å². The van der Waals surface area contributed by atoms with Gasteiger partial charge < -0.3 is 4.74 Å². The van der Waals surface area contributed by atoms with Gasteiger partial charge in [-0.25, -0.2) is 0 Å². The summed E-state index contributed by atoms with van der Waals surface area (Å²) in [5.41, 5.74) is 7.93. The molecule has 0 bridgehead atoms. The van der Waals surface area contributed by atoms with Crippen LogP contribution in [0.1, 0.15) is 16.7 Å². The number of ether oxygens (including phenoxy) is 1. The standard InChI is InChI=1S/C18H19BrN2O3/c1-12-3-4-14(9-13(12)2)10-17(22)20-21-18(23)11-24-16-7-5-15(19)6-8-16/h3-9H,10-11H2,1-2H3,(H,20,22)(H,21,23). The van der Waals surface area contributed by atoms with Crippen LogP contribution in [0.15, 0.2) is 46.9 Å². The third kappa shape index (κ3) is 5.70. The minimum Gasteiger partial charge on any atom is -0.484 e. The molecule has 0 atom stereocenters. The highest BCUT2D eigenvalue weighted by molar-refractivity contribution is 9.10. The summed E-state index contributed by atoms with van der Waals surface area (Å²) in [6, 6.07) is 13.0. The molecule has 24 heavy (non-hydrogen) atoms. The van der Waals surface area contributed by atoms with Crippen LogP contribution in [-0.4, -0.2) is 18.4 Å². The molecule has 2 N–H and O–H groups in total. The van der Waals surface area contributed by atoms with Gasteiger partial charge in [-0.15, -0.1) is 0 Å². The first-order chi connectivity index (χ1) is 11.4. The number of rotatable bonds is 5. The molecule has 0 fully saturated rings. The Morgan fingerprint density at radius 2 is 1.62 bits per heavy atom. The van der Waals surface area contributed by atoms with Gasteiger partial charge in [-0.2, -0.15) is 0 Å². The van der Waals surface area contributed by atoms with Gasteiger partial charge in [0, 0.05) is 4.47 Å². The lowest BCUT2D eigenvalue weighted by Gasteiger charge is -2.09. The largest absolute Gasteiger partial charge is 0.484 e. The van der Waals surface area contributed by atoms with Crippen molar-refractivity contribution in [2.45, 2.75) is 20.3 Å². The van der Waals surface area contributed by atoms with E-state index < -0.39 is 5.91 Å². The molecule has 0 heterocycles. The van der Waals surface area contributed by atoms with Crippen molar-refractivity contribution in [1.82, 2.24) is 10.9 Å². The van der Waals surface area contributed by atoms with E-state index in [4.69, 9.17) is 4.74 Å². The lowest BCUT2D eigenvalue weighted by atomic mass is 10.0. The van der Waals surface area contributed by atoms with Gasteiger partial charge >= 0.3 is 0 Å². The molecule has 0 saturated heterocycles. The maximum absolute atomic E-state index is 11.9. The highest BCUT2D eigenvalue weighted by atomic mass is 79.9. The molecule has 6 heteroatoms. The van der Waals surface area contributed by atoms with Crippen LogP contribution in [0.4, 0.5) is 0 Å². The van der Waals surface area contributed by atoms with Gasteiger partial charge in [0.15, 0.2) is 6.61 Å². The summed E-state index contributed by atoms with van der Waals surface area (Å²) in [5, 5.41) is 0. The first-order valence-corrected chi connectivity index (χ1v) is 8.25. The number of aryl methyl sites for hydroxylation is 2. The molecule has 0 unspecified atom stereocenters. The van der Waals surface area contributed by atoms with E-state index in [-0.39, 0.29) is 18.9 Å². The van der Waals surface area contributed by atoms with Crippen molar-refractivity contribution in [3.05, 3.63) is 63.6 Å². The fourth-order valence-corrected chi connectivity index (χ4v) is 2.26. The highest BCUT2D eigenvalue weighted by Gasteiger charge is 2.07. The molecule has 126 valence electrons. The molecule has 2 aromatic carbocycles. The fraction of sp³-hybridized carbons (Fsp3) is 0.222. The van der Waals surface area contributed by atoms with Crippen molar-refractivity contribution in [2.24, 2.45) is 0 Å². The number of hydrogen-bond donors (Lipinski definition) is 2. The van der Waals surface area contributed by atoms with Crippen LogP contribution >= 0.6 is 15.9 Å². The summed E-state index contributed by atoms with van der Waals surface area (Å²) >= 11 is 3.32. The van der Waals surface area contributed by atoms with E-state index in [1.54, 1.807) is 12.1 Å². The van der Waals surface area contributed by atoms with Crippen LogP contribution in [-0.2, 0) is 16.0 Å². The zero-order valence-corrected chi connectivity index (χ0v) is 15.1. The van der Waals surface area contributed by atoms with Gasteiger partial charge in [-0.1, -0.05) is 34.1 Å². The number of nitrogens with one attached hydrogen (secondary N) is 2. The first-order valence-electron chi connectivity index (χ1n) is 7.46. The number of carbonyl (C=O) groups is 2. The number of halogens is 1. The average Bonchev–Trinajstić information content (AvgIpc) is 2.56. The summed E-state index contributed by atoms with van der Waals surface area (Å²) in [5.74, 6) is -0.128. The molecule has 0 aromatic heterocycles. The van der Waals surface area contributed by atoms with E-state index in [1.807, 2.05) is 44.2 Å². The molecular weight excluding hydrogens is 372 g/mol. The zero-order chi connectivity index (χ0) is 17.5. The second kappa shape index (κ2) is 8.49. The Bertz CT molecular complexity index is 730. The molecule has 5 nitrogen and oxygen atoms in total. The van der Waals surface area contributed by atoms with Crippen LogP contribution in [0.3, 0.4) is 0 Å². The molecule has 0 radical (unpaired) electrons. The van der Waals surface area contributed by atoms with E-state index in [0.29, 0.717) is 5.75 Å². The Morgan fingerprint density at radius 3 is 2.29 bits per heavy atom. The van der Waals surface area contributed by atoms with Crippen molar-refractivity contribution < 1.29 is 14.3 Å². The van der Waals surface area contributed by atoms with Gasteiger partial charge in [0.05, 0.1) is 6.42 Å². The molecule has 2 aromatic rings. The molecule has 0 aliphatic carbocycles. The van der Waals surface area contributed by atoms with E-state index in [0.717, 1.165) is 15.6 Å². The van der Waals surface area contributed by atoms with Crippen LogP contribution in [0, 0.1) is 13.8 Å².